The first kappa shape index (κ1) is 31.5. The van der Waals surface area contributed by atoms with Gasteiger partial charge in [-0.2, -0.15) is 31.4 Å². The SMILES string of the molecule is CCCN(CC(=O)Nc1cc(C(C)(C)C)nn1-c1ccc(OC)cc1)C(=O)c1cc(C(F)(F)F)cc(C(F)(F)F)c1. The van der Waals surface area contributed by atoms with Crippen molar-refractivity contribution in [2.24, 2.45) is 0 Å². The summed E-state index contributed by atoms with van der Waals surface area (Å²) in [6.07, 6.45) is -9.94. The number of hydrogen-bond acceptors (Lipinski definition) is 4. The van der Waals surface area contributed by atoms with Crippen LogP contribution in [0.15, 0.2) is 48.5 Å². The lowest BCUT2D eigenvalue weighted by molar-refractivity contribution is -0.143. The van der Waals surface area contributed by atoms with E-state index in [2.05, 4.69) is 10.4 Å². The molecule has 0 bridgehead atoms. The van der Waals surface area contributed by atoms with Crippen LogP contribution in [0.1, 0.15) is 61.3 Å². The van der Waals surface area contributed by atoms with Crippen LogP contribution in [-0.2, 0) is 22.6 Å². The van der Waals surface area contributed by atoms with Gasteiger partial charge >= 0.3 is 12.4 Å². The molecule has 0 spiro atoms. The zero-order valence-corrected chi connectivity index (χ0v) is 23.1. The smallest absolute Gasteiger partial charge is 0.416 e. The van der Waals surface area contributed by atoms with Gasteiger partial charge in [-0.05, 0) is 48.9 Å². The van der Waals surface area contributed by atoms with Crippen molar-refractivity contribution in [1.82, 2.24) is 14.7 Å². The third-order valence-electron chi connectivity index (χ3n) is 6.01. The number of benzene rings is 2. The van der Waals surface area contributed by atoms with E-state index >= 15 is 0 Å². The molecule has 2 aromatic carbocycles. The van der Waals surface area contributed by atoms with Crippen LogP contribution in [0.3, 0.4) is 0 Å². The van der Waals surface area contributed by atoms with Gasteiger partial charge in [0.05, 0.1) is 29.6 Å². The fourth-order valence-corrected chi connectivity index (χ4v) is 3.90. The normalized spacial score (nSPS) is 12.3. The van der Waals surface area contributed by atoms with Gasteiger partial charge in [0.2, 0.25) is 5.91 Å². The van der Waals surface area contributed by atoms with Crippen molar-refractivity contribution in [1.29, 1.82) is 0 Å². The number of halogens is 6. The van der Waals surface area contributed by atoms with Crippen LogP contribution in [0.25, 0.3) is 5.69 Å². The summed E-state index contributed by atoms with van der Waals surface area (Å²) in [5.41, 5.74) is -3.24. The molecule has 0 saturated carbocycles. The number of alkyl halides is 6. The number of nitrogens with one attached hydrogen (secondary N) is 1. The van der Waals surface area contributed by atoms with Gasteiger partial charge in [0.1, 0.15) is 18.1 Å². The van der Waals surface area contributed by atoms with E-state index in [4.69, 9.17) is 4.74 Å². The minimum atomic E-state index is -5.12. The molecule has 0 aliphatic rings. The standard InChI is InChI=1S/C28H30F6N4O3/c1-6-11-37(25(40)17-12-18(27(29,30)31)14-19(13-17)28(32,33)34)16-24(39)35-23-15-22(26(2,3)4)36-38(23)20-7-9-21(41-5)10-8-20/h7-10,12-15H,6,11,16H2,1-5H3,(H,35,39). The van der Waals surface area contributed by atoms with Gasteiger partial charge in [-0.15, -0.1) is 0 Å². The Kier molecular flexibility index (Phi) is 9.09. The summed E-state index contributed by atoms with van der Waals surface area (Å²) in [7, 11) is 1.51. The molecule has 3 aromatic rings. The van der Waals surface area contributed by atoms with Crippen molar-refractivity contribution in [3.05, 3.63) is 70.9 Å². The molecule has 7 nitrogen and oxygen atoms in total. The highest BCUT2D eigenvalue weighted by atomic mass is 19.4. The molecule has 1 N–H and O–H groups in total. The van der Waals surface area contributed by atoms with Crippen LogP contribution >= 0.6 is 0 Å². The molecular formula is C28H30F6N4O3. The van der Waals surface area contributed by atoms with Crippen molar-refractivity contribution >= 4 is 17.6 Å². The highest BCUT2D eigenvalue weighted by Crippen LogP contribution is 2.36. The maximum Gasteiger partial charge on any atom is 0.416 e. The predicted molar refractivity (Wildman–Crippen MR) is 140 cm³/mol. The Morgan fingerprint density at radius 2 is 1.49 bits per heavy atom. The summed E-state index contributed by atoms with van der Waals surface area (Å²) in [5, 5.41) is 7.26. The minimum absolute atomic E-state index is 0.0548. The molecule has 0 fully saturated rings. The Morgan fingerprint density at radius 3 is 1.95 bits per heavy atom. The molecular weight excluding hydrogens is 554 g/mol. The van der Waals surface area contributed by atoms with E-state index in [1.54, 1.807) is 37.3 Å². The van der Waals surface area contributed by atoms with E-state index in [-0.39, 0.29) is 18.4 Å². The second kappa shape index (κ2) is 11.8. The Bertz CT molecular complexity index is 1360. The quantitative estimate of drug-likeness (QED) is 0.299. The molecule has 0 atom stereocenters. The van der Waals surface area contributed by atoms with Crippen LogP contribution in [0.4, 0.5) is 32.2 Å². The average Bonchev–Trinajstić information content (AvgIpc) is 3.31. The van der Waals surface area contributed by atoms with Crippen LogP contribution in [0, 0.1) is 0 Å². The van der Waals surface area contributed by atoms with Gasteiger partial charge in [-0.25, -0.2) is 4.68 Å². The predicted octanol–water partition coefficient (Wildman–Crippen LogP) is 6.71. The second-order valence-corrected chi connectivity index (χ2v) is 10.3. The summed E-state index contributed by atoms with van der Waals surface area (Å²) in [5.74, 6) is -1.01. The topological polar surface area (TPSA) is 76.5 Å². The number of nitrogens with zero attached hydrogens (tertiary/aromatic N) is 3. The molecule has 1 heterocycles. The highest BCUT2D eigenvalue weighted by Gasteiger charge is 2.38. The molecule has 0 radical (unpaired) electrons. The molecule has 0 unspecified atom stereocenters. The first-order valence-electron chi connectivity index (χ1n) is 12.6. The number of rotatable bonds is 8. The Hall–Kier alpha value is -4.03. The van der Waals surface area contributed by atoms with Gasteiger partial charge in [0, 0.05) is 23.6 Å². The first-order valence-corrected chi connectivity index (χ1v) is 12.6. The van der Waals surface area contributed by atoms with Crippen LogP contribution in [-0.4, -0.2) is 46.7 Å². The maximum absolute atomic E-state index is 13.3. The summed E-state index contributed by atoms with van der Waals surface area (Å²) < 4.78 is 86.7. The fourth-order valence-electron chi connectivity index (χ4n) is 3.90. The average molecular weight is 585 g/mol. The Balaban J connectivity index is 1.93. The Labute approximate surface area is 233 Å². The van der Waals surface area contributed by atoms with E-state index in [0.717, 1.165) is 4.90 Å². The van der Waals surface area contributed by atoms with Gasteiger partial charge in [0.25, 0.3) is 5.91 Å². The first-order chi connectivity index (χ1) is 18.9. The number of anilines is 1. The van der Waals surface area contributed by atoms with Crippen LogP contribution < -0.4 is 10.1 Å². The molecule has 13 heteroatoms. The van der Waals surface area contributed by atoms with Crippen LogP contribution in [0.2, 0.25) is 0 Å². The fraction of sp³-hybridized carbons (Fsp3) is 0.393. The molecule has 0 aliphatic heterocycles. The molecule has 0 saturated heterocycles. The van der Waals surface area contributed by atoms with E-state index in [9.17, 15) is 35.9 Å². The van der Waals surface area contributed by atoms with E-state index in [1.165, 1.54) is 11.8 Å². The van der Waals surface area contributed by atoms with Gasteiger partial charge < -0.3 is 15.0 Å². The lowest BCUT2D eigenvalue weighted by Gasteiger charge is -2.23. The van der Waals surface area contributed by atoms with E-state index in [0.29, 0.717) is 35.7 Å². The number of carbonyl (C=O) groups is 2. The van der Waals surface area contributed by atoms with Crippen LogP contribution in [0.5, 0.6) is 5.75 Å². The molecule has 2 amide bonds. The molecule has 0 aliphatic carbocycles. The number of amides is 2. The second-order valence-electron chi connectivity index (χ2n) is 10.3. The van der Waals surface area contributed by atoms with Crippen molar-refractivity contribution in [2.75, 3.05) is 25.5 Å². The summed E-state index contributed by atoms with van der Waals surface area (Å²) >= 11 is 0. The van der Waals surface area contributed by atoms with E-state index < -0.39 is 52.8 Å². The monoisotopic (exact) mass is 584 g/mol. The molecule has 3 rings (SSSR count). The minimum Gasteiger partial charge on any atom is -0.497 e. The van der Waals surface area contributed by atoms with Gasteiger partial charge in [-0.1, -0.05) is 27.7 Å². The molecule has 1 aromatic heterocycles. The maximum atomic E-state index is 13.3. The van der Waals surface area contributed by atoms with E-state index in [1.807, 2.05) is 20.8 Å². The largest absolute Gasteiger partial charge is 0.497 e. The molecule has 41 heavy (non-hydrogen) atoms. The lowest BCUT2D eigenvalue weighted by Crippen LogP contribution is -2.39. The summed E-state index contributed by atoms with van der Waals surface area (Å²) in [6, 6.07) is 9.13. The summed E-state index contributed by atoms with van der Waals surface area (Å²) in [4.78, 5) is 27.2. The number of methoxy groups -OCH3 is 1. The number of aromatic nitrogens is 2. The zero-order valence-electron chi connectivity index (χ0n) is 23.1. The number of hydrogen-bond donors (Lipinski definition) is 1. The third kappa shape index (κ3) is 7.80. The van der Waals surface area contributed by atoms with Crippen molar-refractivity contribution in [3.8, 4) is 11.4 Å². The van der Waals surface area contributed by atoms with Gasteiger partial charge in [0.15, 0.2) is 0 Å². The van der Waals surface area contributed by atoms with Crippen molar-refractivity contribution < 1.29 is 40.7 Å². The zero-order chi connectivity index (χ0) is 30.8. The Morgan fingerprint density at radius 1 is 0.927 bits per heavy atom. The van der Waals surface area contributed by atoms with Crippen molar-refractivity contribution in [2.45, 2.75) is 51.9 Å². The highest BCUT2D eigenvalue weighted by molar-refractivity contribution is 5.99. The summed E-state index contributed by atoms with van der Waals surface area (Å²) in [6.45, 7) is 6.71. The number of ether oxygens (including phenoxy) is 1. The third-order valence-corrected chi connectivity index (χ3v) is 6.01. The number of carbonyl (C=O) groups excluding carboxylic acids is 2. The van der Waals surface area contributed by atoms with Crippen molar-refractivity contribution in [3.63, 3.8) is 0 Å². The lowest BCUT2D eigenvalue weighted by atomic mass is 9.92. The molecule has 222 valence electrons. The van der Waals surface area contributed by atoms with Gasteiger partial charge in [-0.3, -0.25) is 9.59 Å².